The topological polar surface area (TPSA) is 8.17 Å². The summed E-state index contributed by atoms with van der Waals surface area (Å²) in [5, 5.41) is 3.35. The minimum Gasteiger partial charge on any atom is -0.337 e. The van der Waals surface area contributed by atoms with Gasteiger partial charge in [-0.15, -0.1) is 11.8 Å². The molecule has 2 nitrogen and oxygen atoms in total. The van der Waals surface area contributed by atoms with Crippen LogP contribution < -0.4 is 4.90 Å². The number of nitrogens with zero attached hydrogens (tertiary/aromatic N) is 2. The van der Waals surface area contributed by atoms with E-state index in [0.29, 0.717) is 29.0 Å². The van der Waals surface area contributed by atoms with Gasteiger partial charge in [-0.3, -0.25) is 0 Å². The molecule has 2 aliphatic heterocycles. The fourth-order valence-corrected chi connectivity index (χ4v) is 11.6. The number of benzene rings is 4. The number of hydrogen-bond acceptors (Lipinski definition) is 2. The zero-order valence-corrected chi connectivity index (χ0v) is 29.7. The van der Waals surface area contributed by atoms with Gasteiger partial charge in [0, 0.05) is 55.2 Å². The first-order valence-electron chi connectivity index (χ1n) is 19.1. The van der Waals surface area contributed by atoms with Crippen molar-refractivity contribution in [3.8, 4) is 0 Å². The smallest absolute Gasteiger partial charge is 0.0632 e. The van der Waals surface area contributed by atoms with Gasteiger partial charge in [0.25, 0.3) is 0 Å². The number of para-hydroxylation sites is 2. The van der Waals surface area contributed by atoms with E-state index in [1.54, 1.807) is 0 Å². The highest BCUT2D eigenvalue weighted by Gasteiger charge is 2.42. The van der Waals surface area contributed by atoms with Gasteiger partial charge in [-0.25, -0.2) is 0 Å². The van der Waals surface area contributed by atoms with E-state index in [1.807, 2.05) is 0 Å². The van der Waals surface area contributed by atoms with Crippen molar-refractivity contribution in [2.45, 2.75) is 72.6 Å². The summed E-state index contributed by atoms with van der Waals surface area (Å²) in [5.41, 5.74) is 12.7. The molecule has 6 aliphatic rings. The van der Waals surface area contributed by atoms with Crippen LogP contribution in [0.3, 0.4) is 0 Å². The summed E-state index contributed by atoms with van der Waals surface area (Å²) in [6, 6.07) is 35.1. The van der Waals surface area contributed by atoms with Crippen LogP contribution in [-0.4, -0.2) is 15.9 Å². The van der Waals surface area contributed by atoms with Crippen LogP contribution >= 0.6 is 11.8 Å². The van der Waals surface area contributed by atoms with Gasteiger partial charge >= 0.3 is 0 Å². The predicted molar refractivity (Wildman–Crippen MR) is 216 cm³/mol. The van der Waals surface area contributed by atoms with E-state index >= 15 is 0 Å². The van der Waals surface area contributed by atoms with Crippen molar-refractivity contribution in [2.24, 2.45) is 5.92 Å². The van der Waals surface area contributed by atoms with Crippen molar-refractivity contribution >= 4 is 44.8 Å². The zero-order valence-electron chi connectivity index (χ0n) is 28.9. The van der Waals surface area contributed by atoms with Gasteiger partial charge in [0.05, 0.1) is 12.1 Å². The maximum absolute atomic E-state index is 2.70. The van der Waals surface area contributed by atoms with Crippen LogP contribution in [0, 0.1) is 5.92 Å². The number of anilines is 1. The zero-order chi connectivity index (χ0) is 33.5. The standard InChI is InChI=1S/C48H42N2S/c1-2-10-31(11-3-1)32-18-22-35(23-19-32)49-44-16-8-5-13-38(44)41-28-33(21-26-45(41)49)34-20-25-39-37-12-4-7-15-43(37)50(46(39)29-34)36-24-27-48-42(30-36)40-14-6-9-17-47(40)51-48/h1-2,4-9,12-22,25-26,28-31,35,39,42,46,48H,3,10-11,23-24,27H2. The number of allylic oxidation sites excluding steroid dienone is 10. The van der Waals surface area contributed by atoms with E-state index in [2.05, 4.69) is 167 Å². The molecule has 3 heterocycles. The van der Waals surface area contributed by atoms with E-state index in [1.165, 1.54) is 91.6 Å². The first kappa shape index (κ1) is 29.9. The van der Waals surface area contributed by atoms with Crippen LogP contribution in [0.5, 0.6) is 0 Å². The summed E-state index contributed by atoms with van der Waals surface area (Å²) in [6.45, 7) is 0. The number of aromatic nitrogens is 1. The maximum atomic E-state index is 2.70. The third kappa shape index (κ3) is 4.77. The summed E-state index contributed by atoms with van der Waals surface area (Å²) in [7, 11) is 0. The molecule has 4 aromatic carbocycles. The van der Waals surface area contributed by atoms with Gasteiger partial charge < -0.3 is 9.47 Å². The molecule has 6 unspecified atom stereocenters. The van der Waals surface area contributed by atoms with Gasteiger partial charge in [0.1, 0.15) is 0 Å². The van der Waals surface area contributed by atoms with Crippen molar-refractivity contribution in [1.82, 2.24) is 4.57 Å². The summed E-state index contributed by atoms with van der Waals surface area (Å²) in [5.74, 6) is 1.53. The maximum Gasteiger partial charge on any atom is 0.0632 e. The third-order valence-corrected chi connectivity index (χ3v) is 14.1. The second-order valence-corrected chi connectivity index (χ2v) is 16.6. The Morgan fingerprint density at radius 3 is 2.45 bits per heavy atom. The average molecular weight is 679 g/mol. The molecule has 4 aliphatic carbocycles. The van der Waals surface area contributed by atoms with E-state index in [-0.39, 0.29) is 6.04 Å². The molecule has 0 fully saturated rings. The molecule has 5 aromatic rings. The monoisotopic (exact) mass is 678 g/mol. The normalized spacial score (nSPS) is 27.5. The summed E-state index contributed by atoms with van der Waals surface area (Å²) < 4.78 is 2.59. The molecule has 0 saturated heterocycles. The second-order valence-electron chi connectivity index (χ2n) is 15.3. The summed E-state index contributed by atoms with van der Waals surface area (Å²) in [6.07, 6.45) is 29.3. The van der Waals surface area contributed by atoms with Crippen molar-refractivity contribution < 1.29 is 0 Å². The first-order valence-corrected chi connectivity index (χ1v) is 20.0. The average Bonchev–Trinajstić information content (AvgIpc) is 3.85. The highest BCUT2D eigenvalue weighted by Crippen LogP contribution is 2.54. The van der Waals surface area contributed by atoms with Crippen LogP contribution in [0.4, 0.5) is 5.69 Å². The van der Waals surface area contributed by atoms with E-state index < -0.39 is 0 Å². The SMILES string of the molecule is C1=CCC(C2=CCC(n3c4ccccc4c4cc(C5=CC6C(C=C5)c5ccccc5N6C5=CC6c7ccccc7SC6CC5)ccc43)C=C2)CC1. The molecular formula is C48H42N2S. The quantitative estimate of drug-likeness (QED) is 0.175. The van der Waals surface area contributed by atoms with Gasteiger partial charge in [-0.05, 0) is 103 Å². The number of thioether (sulfide) groups is 1. The lowest BCUT2D eigenvalue weighted by molar-refractivity contribution is 0.548. The molecule has 6 atom stereocenters. The Bertz CT molecular complexity index is 2410. The van der Waals surface area contributed by atoms with Gasteiger partial charge in [-0.2, -0.15) is 0 Å². The predicted octanol–water partition coefficient (Wildman–Crippen LogP) is 12.4. The molecule has 0 spiro atoms. The summed E-state index contributed by atoms with van der Waals surface area (Å²) >= 11 is 2.09. The number of fused-ring (bicyclic) bond motifs is 9. The molecule has 0 radical (unpaired) electrons. The highest BCUT2D eigenvalue weighted by molar-refractivity contribution is 8.00. The van der Waals surface area contributed by atoms with E-state index in [9.17, 15) is 0 Å². The number of rotatable bonds is 4. The van der Waals surface area contributed by atoms with Gasteiger partial charge in [0.2, 0.25) is 0 Å². The Morgan fingerprint density at radius 2 is 1.55 bits per heavy atom. The minimum atomic E-state index is 0.277. The molecule has 11 rings (SSSR count). The largest absolute Gasteiger partial charge is 0.337 e. The Kier molecular flexibility index (Phi) is 7.00. The minimum absolute atomic E-state index is 0.277. The van der Waals surface area contributed by atoms with Crippen LogP contribution in [-0.2, 0) is 0 Å². The number of hydrogen-bond donors (Lipinski definition) is 0. The molecule has 3 heteroatoms. The molecule has 0 amide bonds. The van der Waals surface area contributed by atoms with Crippen LogP contribution in [0.2, 0.25) is 0 Å². The van der Waals surface area contributed by atoms with Crippen LogP contribution in [0.15, 0.2) is 162 Å². The molecule has 0 bridgehead atoms. The lowest BCUT2D eigenvalue weighted by Crippen LogP contribution is -2.34. The van der Waals surface area contributed by atoms with Gasteiger partial charge in [0.15, 0.2) is 0 Å². The van der Waals surface area contributed by atoms with Gasteiger partial charge in [-0.1, -0.05) is 115 Å². The van der Waals surface area contributed by atoms with Crippen LogP contribution in [0.25, 0.3) is 27.4 Å². The van der Waals surface area contributed by atoms with Crippen LogP contribution in [0.1, 0.15) is 73.1 Å². The van der Waals surface area contributed by atoms with Crippen molar-refractivity contribution in [1.29, 1.82) is 0 Å². The Balaban J connectivity index is 0.959. The summed E-state index contributed by atoms with van der Waals surface area (Å²) in [4.78, 5) is 4.18. The van der Waals surface area contributed by atoms with E-state index in [4.69, 9.17) is 0 Å². The molecule has 0 saturated carbocycles. The first-order chi connectivity index (χ1) is 25.3. The van der Waals surface area contributed by atoms with Crippen molar-refractivity contribution in [2.75, 3.05) is 4.90 Å². The fourth-order valence-electron chi connectivity index (χ4n) is 10.1. The Hall–Kier alpha value is -4.73. The molecule has 51 heavy (non-hydrogen) atoms. The molecule has 1 aromatic heterocycles. The molecule has 0 N–H and O–H groups in total. The molecule has 250 valence electrons. The third-order valence-electron chi connectivity index (χ3n) is 12.6. The second kappa shape index (κ2) is 11.9. The highest BCUT2D eigenvalue weighted by atomic mass is 32.2. The van der Waals surface area contributed by atoms with Crippen molar-refractivity contribution in [3.63, 3.8) is 0 Å². The fraction of sp³-hybridized carbons (Fsp3) is 0.250. The Morgan fingerprint density at radius 1 is 0.686 bits per heavy atom. The van der Waals surface area contributed by atoms with E-state index in [0.717, 1.165) is 12.8 Å². The lowest BCUT2D eigenvalue weighted by Gasteiger charge is -2.36. The lowest BCUT2D eigenvalue weighted by atomic mass is 9.84. The Labute approximate surface area is 305 Å². The van der Waals surface area contributed by atoms with Crippen molar-refractivity contribution in [3.05, 3.63) is 174 Å². The molecular weight excluding hydrogens is 637 g/mol.